The highest BCUT2D eigenvalue weighted by Crippen LogP contribution is 2.27. The molecule has 1 fully saturated rings. The first-order valence-corrected chi connectivity index (χ1v) is 10.5. The van der Waals surface area contributed by atoms with Crippen LogP contribution in [-0.2, 0) is 0 Å². The summed E-state index contributed by atoms with van der Waals surface area (Å²) in [5.74, 6) is 2.96. The van der Waals surface area contributed by atoms with Crippen molar-refractivity contribution in [1.29, 1.82) is 0 Å². The fourth-order valence-electron chi connectivity index (χ4n) is 4.22. The molecule has 3 atom stereocenters. The Hall–Kier alpha value is -0.0400. The molecule has 0 bridgehead atoms. The SMILES string of the molecule is CCC1CCCC(CC)CCN(CC)CCCC(CC)CC1. The Morgan fingerprint density at radius 2 is 1.09 bits per heavy atom. The van der Waals surface area contributed by atoms with Crippen LogP contribution in [0.4, 0.5) is 0 Å². The minimum Gasteiger partial charge on any atom is -0.304 e. The number of hydrogen-bond acceptors (Lipinski definition) is 1. The quantitative estimate of drug-likeness (QED) is 0.571. The van der Waals surface area contributed by atoms with Crippen LogP contribution in [0.1, 0.15) is 98.3 Å². The molecule has 1 heterocycles. The number of nitrogens with zero attached hydrogens (tertiary/aromatic N) is 1. The van der Waals surface area contributed by atoms with Gasteiger partial charge in [-0.2, -0.15) is 0 Å². The highest BCUT2D eigenvalue weighted by molar-refractivity contribution is 4.69. The largest absolute Gasteiger partial charge is 0.304 e. The topological polar surface area (TPSA) is 3.24 Å². The van der Waals surface area contributed by atoms with Crippen molar-refractivity contribution in [1.82, 2.24) is 4.90 Å². The number of rotatable bonds is 4. The maximum Gasteiger partial charge on any atom is -0.00162 e. The predicted molar refractivity (Wildman–Crippen MR) is 100 cm³/mol. The van der Waals surface area contributed by atoms with E-state index in [-0.39, 0.29) is 0 Å². The van der Waals surface area contributed by atoms with Gasteiger partial charge in [-0.25, -0.2) is 0 Å². The minimum absolute atomic E-state index is 0.970. The van der Waals surface area contributed by atoms with Gasteiger partial charge in [0, 0.05) is 0 Å². The Kier molecular flexibility index (Phi) is 11.3. The molecule has 0 saturated carbocycles. The third-order valence-corrected chi connectivity index (χ3v) is 6.33. The van der Waals surface area contributed by atoms with Crippen molar-refractivity contribution in [3.8, 4) is 0 Å². The molecule has 0 radical (unpaired) electrons. The molecule has 0 aromatic heterocycles. The van der Waals surface area contributed by atoms with Crippen molar-refractivity contribution in [2.75, 3.05) is 19.6 Å². The molecule has 3 unspecified atom stereocenters. The maximum absolute atomic E-state index is 2.70. The fraction of sp³-hybridized carbons (Fsp3) is 1.00. The van der Waals surface area contributed by atoms with Crippen LogP contribution in [0.15, 0.2) is 0 Å². The summed E-state index contributed by atoms with van der Waals surface area (Å²) in [7, 11) is 0. The van der Waals surface area contributed by atoms with Gasteiger partial charge >= 0.3 is 0 Å². The Morgan fingerprint density at radius 1 is 0.591 bits per heavy atom. The van der Waals surface area contributed by atoms with E-state index >= 15 is 0 Å². The van der Waals surface area contributed by atoms with Crippen LogP contribution in [0, 0.1) is 17.8 Å². The zero-order valence-electron chi connectivity index (χ0n) is 16.1. The average molecular weight is 310 g/mol. The van der Waals surface area contributed by atoms with E-state index in [9.17, 15) is 0 Å². The molecule has 1 heteroatoms. The summed E-state index contributed by atoms with van der Waals surface area (Å²) >= 11 is 0. The summed E-state index contributed by atoms with van der Waals surface area (Å²) < 4.78 is 0. The maximum atomic E-state index is 2.70. The van der Waals surface area contributed by atoms with Crippen molar-refractivity contribution in [3.63, 3.8) is 0 Å². The second kappa shape index (κ2) is 12.4. The van der Waals surface area contributed by atoms with Crippen LogP contribution in [-0.4, -0.2) is 24.5 Å². The zero-order chi connectivity index (χ0) is 16.2. The molecule has 1 saturated heterocycles. The van der Waals surface area contributed by atoms with Crippen LogP contribution in [0.3, 0.4) is 0 Å². The lowest BCUT2D eigenvalue weighted by atomic mass is 9.85. The van der Waals surface area contributed by atoms with Crippen LogP contribution in [0.2, 0.25) is 0 Å². The summed E-state index contributed by atoms with van der Waals surface area (Å²) in [5, 5.41) is 0. The molecule has 1 nitrogen and oxygen atoms in total. The molecule has 0 aromatic carbocycles. The van der Waals surface area contributed by atoms with E-state index in [1.807, 2.05) is 0 Å². The van der Waals surface area contributed by atoms with E-state index in [1.165, 1.54) is 90.3 Å². The van der Waals surface area contributed by atoms with Gasteiger partial charge in [-0.15, -0.1) is 0 Å². The third kappa shape index (κ3) is 7.99. The normalized spacial score (nSPS) is 30.8. The summed E-state index contributed by atoms with van der Waals surface area (Å²) in [6, 6.07) is 0. The van der Waals surface area contributed by atoms with Gasteiger partial charge in [0.1, 0.15) is 0 Å². The van der Waals surface area contributed by atoms with Gasteiger partial charge in [-0.05, 0) is 56.7 Å². The predicted octanol–water partition coefficient (Wildman–Crippen LogP) is 6.52. The Labute approximate surface area is 141 Å². The highest BCUT2D eigenvalue weighted by atomic mass is 15.1. The first-order chi connectivity index (χ1) is 10.7. The Morgan fingerprint density at radius 3 is 1.59 bits per heavy atom. The van der Waals surface area contributed by atoms with E-state index in [1.54, 1.807) is 0 Å². The Balaban J connectivity index is 2.56. The van der Waals surface area contributed by atoms with Crippen molar-refractivity contribution in [2.24, 2.45) is 17.8 Å². The lowest BCUT2D eigenvalue weighted by Crippen LogP contribution is -2.27. The molecule has 0 N–H and O–H groups in total. The summed E-state index contributed by atoms with van der Waals surface area (Å²) in [4.78, 5) is 2.70. The fourth-order valence-corrected chi connectivity index (χ4v) is 4.22. The van der Waals surface area contributed by atoms with Gasteiger partial charge in [0.2, 0.25) is 0 Å². The van der Waals surface area contributed by atoms with Gasteiger partial charge in [-0.1, -0.05) is 79.1 Å². The third-order valence-electron chi connectivity index (χ3n) is 6.33. The first-order valence-electron chi connectivity index (χ1n) is 10.5. The lowest BCUT2D eigenvalue weighted by Gasteiger charge is -2.26. The van der Waals surface area contributed by atoms with Gasteiger partial charge < -0.3 is 4.90 Å². The molecule has 0 spiro atoms. The molecular formula is C21H43N. The second-order valence-electron chi connectivity index (χ2n) is 7.70. The van der Waals surface area contributed by atoms with Crippen molar-refractivity contribution in [2.45, 2.75) is 98.3 Å². The van der Waals surface area contributed by atoms with E-state index in [0.29, 0.717) is 0 Å². The molecule has 1 rings (SSSR count). The molecule has 132 valence electrons. The van der Waals surface area contributed by atoms with Crippen LogP contribution in [0.5, 0.6) is 0 Å². The van der Waals surface area contributed by atoms with Crippen molar-refractivity contribution in [3.05, 3.63) is 0 Å². The molecule has 1 aliphatic rings. The first kappa shape index (κ1) is 20.0. The van der Waals surface area contributed by atoms with E-state index in [2.05, 4.69) is 32.6 Å². The van der Waals surface area contributed by atoms with E-state index in [0.717, 1.165) is 17.8 Å². The molecule has 1 aliphatic heterocycles. The highest BCUT2D eigenvalue weighted by Gasteiger charge is 2.15. The van der Waals surface area contributed by atoms with Crippen LogP contribution in [0.25, 0.3) is 0 Å². The molecule has 22 heavy (non-hydrogen) atoms. The smallest absolute Gasteiger partial charge is 0.00162 e. The number of hydrogen-bond donors (Lipinski definition) is 0. The second-order valence-corrected chi connectivity index (χ2v) is 7.70. The monoisotopic (exact) mass is 309 g/mol. The van der Waals surface area contributed by atoms with Crippen LogP contribution < -0.4 is 0 Å². The minimum atomic E-state index is 0.970. The van der Waals surface area contributed by atoms with Gasteiger partial charge in [0.25, 0.3) is 0 Å². The molecule has 0 aromatic rings. The summed E-state index contributed by atoms with van der Waals surface area (Å²) in [6.07, 6.45) is 15.9. The van der Waals surface area contributed by atoms with Gasteiger partial charge in [0.15, 0.2) is 0 Å². The Bertz CT molecular complexity index is 200. The van der Waals surface area contributed by atoms with Crippen molar-refractivity contribution >= 4 is 0 Å². The lowest BCUT2D eigenvalue weighted by molar-refractivity contribution is 0.232. The van der Waals surface area contributed by atoms with Gasteiger partial charge in [-0.3, -0.25) is 0 Å². The van der Waals surface area contributed by atoms with Crippen molar-refractivity contribution < 1.29 is 0 Å². The van der Waals surface area contributed by atoms with E-state index in [4.69, 9.17) is 0 Å². The average Bonchev–Trinajstić information content (AvgIpc) is 2.56. The van der Waals surface area contributed by atoms with E-state index < -0.39 is 0 Å². The zero-order valence-corrected chi connectivity index (χ0v) is 16.1. The molecular weight excluding hydrogens is 266 g/mol. The molecule has 0 amide bonds. The summed E-state index contributed by atoms with van der Waals surface area (Å²) in [6.45, 7) is 13.5. The van der Waals surface area contributed by atoms with Crippen LogP contribution >= 0.6 is 0 Å². The molecule has 0 aliphatic carbocycles. The standard InChI is InChI=1S/C21H43N/c1-5-19-11-9-12-21(7-3)16-18-22(8-4)17-10-13-20(6-2)15-14-19/h19-21H,5-18H2,1-4H3. The summed E-state index contributed by atoms with van der Waals surface area (Å²) in [5.41, 5.74) is 0. The van der Waals surface area contributed by atoms with Gasteiger partial charge in [0.05, 0.1) is 0 Å².